The molecule has 2 N–H and O–H groups in total. The van der Waals surface area contributed by atoms with E-state index in [1.54, 1.807) is 60.7 Å². The molecule has 0 aliphatic carbocycles. The molecule has 12 nitrogen and oxygen atoms in total. The van der Waals surface area contributed by atoms with Crippen molar-refractivity contribution in [1.29, 1.82) is 0 Å². The van der Waals surface area contributed by atoms with Crippen LogP contribution in [0, 0.1) is 20.2 Å². The highest BCUT2D eigenvalue weighted by Crippen LogP contribution is 2.40. The van der Waals surface area contributed by atoms with Gasteiger partial charge in [-0.3, -0.25) is 20.2 Å². The summed E-state index contributed by atoms with van der Waals surface area (Å²) in [6, 6.07) is 37.2. The number of ether oxygens (including phenoxy) is 4. The van der Waals surface area contributed by atoms with E-state index in [-0.39, 0.29) is 35.7 Å². The topological polar surface area (TPSA) is 164 Å². The molecular weight excluding hydrogens is 596 g/mol. The minimum Gasteiger partial charge on any atom is -0.482 e. The number of nitrogens with zero attached hydrogens (tertiary/aromatic N) is 2. The number of rotatable bonds is 4. The average molecular weight is 625 g/mol. The van der Waals surface area contributed by atoms with Crippen LogP contribution in [0.2, 0.25) is 0 Å². The molecule has 46 heavy (non-hydrogen) atoms. The zero-order valence-electron chi connectivity index (χ0n) is 24.2. The van der Waals surface area contributed by atoms with Crippen LogP contribution in [0.3, 0.4) is 0 Å². The van der Waals surface area contributed by atoms with Crippen molar-refractivity contribution >= 4 is 11.4 Å². The summed E-state index contributed by atoms with van der Waals surface area (Å²) in [5.74, 6) is -1.62. The van der Waals surface area contributed by atoms with Gasteiger partial charge in [-0.2, -0.15) is 0 Å². The fraction of sp³-hybridized carbons (Fsp3) is 0.118. The first-order chi connectivity index (χ1) is 22.2. The van der Waals surface area contributed by atoms with E-state index in [0.29, 0.717) is 23.0 Å². The van der Waals surface area contributed by atoms with Gasteiger partial charge in [0.1, 0.15) is 0 Å². The van der Waals surface area contributed by atoms with Crippen molar-refractivity contribution in [2.45, 2.75) is 11.6 Å². The Kier molecular flexibility index (Phi) is 9.41. The summed E-state index contributed by atoms with van der Waals surface area (Å²) in [5.41, 5.74) is 0.333. The fourth-order valence-corrected chi connectivity index (χ4v) is 4.48. The van der Waals surface area contributed by atoms with Crippen molar-refractivity contribution in [2.24, 2.45) is 0 Å². The van der Waals surface area contributed by atoms with Crippen LogP contribution >= 0.6 is 0 Å². The monoisotopic (exact) mass is 624 g/mol. The summed E-state index contributed by atoms with van der Waals surface area (Å²) >= 11 is 0. The van der Waals surface area contributed by atoms with Gasteiger partial charge >= 0.3 is 0 Å². The van der Waals surface area contributed by atoms with Crippen LogP contribution in [-0.4, -0.2) is 33.3 Å². The molecule has 0 radical (unpaired) electrons. The van der Waals surface area contributed by atoms with Crippen LogP contribution in [0.4, 0.5) is 11.4 Å². The van der Waals surface area contributed by atoms with Crippen molar-refractivity contribution in [3.8, 4) is 23.0 Å². The van der Waals surface area contributed by atoms with E-state index < -0.39 is 21.4 Å². The number of aliphatic hydroxyl groups is 2. The van der Waals surface area contributed by atoms with Crippen molar-refractivity contribution in [3.63, 3.8) is 0 Å². The Balaban J connectivity index is 0.000000154. The Bertz CT molecular complexity index is 1680. The largest absolute Gasteiger partial charge is 0.482 e. The summed E-state index contributed by atoms with van der Waals surface area (Å²) in [4.78, 5) is 20.5. The number of non-ortho nitro benzene ring substituents is 2. The highest BCUT2D eigenvalue weighted by molar-refractivity contribution is 5.45. The molecule has 0 amide bonds. The lowest BCUT2D eigenvalue weighted by Gasteiger charge is -2.33. The first-order valence-electron chi connectivity index (χ1n) is 13.9. The lowest BCUT2D eigenvalue weighted by atomic mass is 10.0. The molecule has 0 spiro atoms. The molecule has 5 aromatic rings. The number of hydrogen-bond acceptors (Lipinski definition) is 10. The lowest BCUT2D eigenvalue weighted by molar-refractivity contribution is -0.385. The summed E-state index contributed by atoms with van der Waals surface area (Å²) in [7, 11) is 0. The van der Waals surface area contributed by atoms with E-state index in [1.807, 2.05) is 36.4 Å². The molecule has 2 aliphatic heterocycles. The van der Waals surface area contributed by atoms with E-state index in [4.69, 9.17) is 18.9 Å². The molecule has 234 valence electrons. The summed E-state index contributed by atoms with van der Waals surface area (Å²) in [5, 5.41) is 42.6. The molecule has 2 heterocycles. The van der Waals surface area contributed by atoms with E-state index in [1.165, 1.54) is 36.4 Å². The Hall–Kier alpha value is -5.98. The molecule has 7 rings (SSSR count). The summed E-state index contributed by atoms with van der Waals surface area (Å²) in [6.45, 7) is -0.267. The quantitative estimate of drug-likeness (QED) is 0.176. The van der Waals surface area contributed by atoms with Crippen LogP contribution in [0.5, 0.6) is 23.0 Å². The van der Waals surface area contributed by atoms with Gasteiger partial charge in [0.25, 0.3) is 22.9 Å². The third kappa shape index (κ3) is 7.38. The first-order valence-corrected chi connectivity index (χ1v) is 13.9. The number of nitro benzene ring substituents is 2. The van der Waals surface area contributed by atoms with Gasteiger partial charge in [0.15, 0.2) is 36.2 Å². The minimum absolute atomic E-state index is 0.113. The Labute approximate surface area is 262 Å². The Morgan fingerprint density at radius 2 is 0.848 bits per heavy atom. The van der Waals surface area contributed by atoms with Gasteiger partial charge in [0.05, 0.1) is 9.85 Å². The zero-order chi connectivity index (χ0) is 32.6. The maximum absolute atomic E-state index is 10.8. The lowest BCUT2D eigenvalue weighted by Crippen LogP contribution is -2.42. The van der Waals surface area contributed by atoms with Crippen molar-refractivity contribution in [2.75, 3.05) is 13.2 Å². The van der Waals surface area contributed by atoms with Gasteiger partial charge in [-0.05, 0) is 24.3 Å². The average Bonchev–Trinajstić information content (AvgIpc) is 3.09. The number of benzene rings is 5. The van der Waals surface area contributed by atoms with Crippen molar-refractivity contribution in [3.05, 3.63) is 165 Å². The Morgan fingerprint density at radius 3 is 1.20 bits per heavy atom. The highest BCUT2D eigenvalue weighted by Gasteiger charge is 2.39. The fourth-order valence-electron chi connectivity index (χ4n) is 4.48. The number of para-hydroxylation sites is 4. The molecule has 0 bridgehead atoms. The third-order valence-electron chi connectivity index (χ3n) is 6.79. The zero-order valence-corrected chi connectivity index (χ0v) is 24.2. The van der Waals surface area contributed by atoms with E-state index in [2.05, 4.69) is 0 Å². The van der Waals surface area contributed by atoms with Gasteiger partial charge in [-0.25, -0.2) is 0 Å². The second-order valence-electron chi connectivity index (χ2n) is 10.0. The van der Waals surface area contributed by atoms with Crippen LogP contribution in [0.15, 0.2) is 133 Å². The minimum atomic E-state index is -1.74. The molecule has 2 unspecified atom stereocenters. The van der Waals surface area contributed by atoms with Crippen LogP contribution in [0.1, 0.15) is 11.1 Å². The van der Waals surface area contributed by atoms with Crippen molar-refractivity contribution in [1.82, 2.24) is 0 Å². The molecule has 0 saturated heterocycles. The molecule has 0 aromatic heterocycles. The number of fused-ring (bicyclic) bond motifs is 2. The predicted molar refractivity (Wildman–Crippen MR) is 166 cm³/mol. The normalized spacial score (nSPS) is 18.8. The molecule has 0 fully saturated rings. The molecular formula is C34H28N2O10. The van der Waals surface area contributed by atoms with Crippen LogP contribution in [-0.2, 0) is 11.6 Å². The maximum atomic E-state index is 10.8. The van der Waals surface area contributed by atoms with E-state index >= 15 is 0 Å². The van der Waals surface area contributed by atoms with Gasteiger partial charge in [0, 0.05) is 35.4 Å². The molecule has 12 heteroatoms. The van der Waals surface area contributed by atoms with E-state index in [0.717, 1.165) is 0 Å². The Morgan fingerprint density at radius 1 is 0.500 bits per heavy atom. The van der Waals surface area contributed by atoms with Crippen LogP contribution in [0.25, 0.3) is 0 Å². The predicted octanol–water partition coefficient (Wildman–Crippen LogP) is 6.11. The number of nitro groups is 2. The SMILES string of the molecule is O=[N+]([O-])c1cccc(C2(O)COc3ccccc3O2)c1.O=[N+]([O-])c1cccc(C2(O)COc3ccccc3O2)c1.c1ccccc1. The standard InChI is InChI=1S/2C14H11NO5.C6H6/c2*16-14(10-4-3-5-11(8-10)15(17)18)9-19-12-6-1-2-7-13(12)20-14;1-2-4-6-5-3-1/h2*1-8,16H,9H2;1-6H. The van der Waals surface area contributed by atoms with E-state index in [9.17, 15) is 30.4 Å². The highest BCUT2D eigenvalue weighted by atomic mass is 16.7. The smallest absolute Gasteiger partial charge is 0.269 e. The first kappa shape index (κ1) is 31.4. The van der Waals surface area contributed by atoms with Crippen molar-refractivity contribution < 1.29 is 39.0 Å². The maximum Gasteiger partial charge on any atom is 0.269 e. The molecule has 5 aromatic carbocycles. The summed E-state index contributed by atoms with van der Waals surface area (Å²) < 4.78 is 22.0. The van der Waals surface area contributed by atoms with Crippen LogP contribution < -0.4 is 18.9 Å². The third-order valence-corrected chi connectivity index (χ3v) is 6.79. The van der Waals surface area contributed by atoms with Gasteiger partial charge < -0.3 is 29.2 Å². The van der Waals surface area contributed by atoms with Gasteiger partial charge in [0.2, 0.25) is 0 Å². The second kappa shape index (κ2) is 13.8. The number of hydrogen-bond donors (Lipinski definition) is 2. The molecule has 2 aliphatic rings. The van der Waals surface area contributed by atoms with Gasteiger partial charge in [-0.15, -0.1) is 0 Å². The summed E-state index contributed by atoms with van der Waals surface area (Å²) in [6.07, 6.45) is 0. The molecule has 0 saturated carbocycles. The molecule has 2 atom stereocenters. The van der Waals surface area contributed by atoms with Gasteiger partial charge in [-0.1, -0.05) is 84.9 Å². The second-order valence-corrected chi connectivity index (χ2v) is 10.0.